The first-order valence-electron chi connectivity index (χ1n) is 10.5. The van der Waals surface area contributed by atoms with E-state index in [1.807, 2.05) is 43.3 Å². The van der Waals surface area contributed by atoms with Gasteiger partial charge in [-0.1, -0.05) is 41.7 Å². The minimum absolute atomic E-state index is 0.160. The summed E-state index contributed by atoms with van der Waals surface area (Å²) in [5.74, 6) is -1.12. The van der Waals surface area contributed by atoms with E-state index in [1.54, 1.807) is 38.1 Å². The molecule has 0 aliphatic carbocycles. The number of rotatable bonds is 5. The van der Waals surface area contributed by atoms with Crippen LogP contribution in [0.3, 0.4) is 0 Å². The summed E-state index contributed by atoms with van der Waals surface area (Å²) in [4.78, 5) is 33.2. The lowest BCUT2D eigenvalue weighted by molar-refractivity contribution is -0.139. The number of hydrogen-bond acceptors (Lipinski definition) is 6. The predicted molar refractivity (Wildman–Crippen MR) is 128 cm³/mol. The van der Waals surface area contributed by atoms with Crippen LogP contribution in [0.25, 0.3) is 6.08 Å². The molecule has 3 aromatic rings. The Morgan fingerprint density at radius 1 is 1.21 bits per heavy atom. The van der Waals surface area contributed by atoms with Crippen molar-refractivity contribution in [2.75, 3.05) is 25.6 Å². The first-order valence-corrected chi connectivity index (χ1v) is 11.3. The van der Waals surface area contributed by atoms with Crippen LogP contribution in [0.5, 0.6) is 0 Å². The number of anilines is 1. The number of carbonyl (C=O) groups excluding carboxylic acids is 1. The van der Waals surface area contributed by atoms with E-state index in [0.29, 0.717) is 15.0 Å². The highest BCUT2D eigenvalue weighted by molar-refractivity contribution is 7.07. The predicted octanol–water partition coefficient (Wildman–Crippen LogP) is 3.00. The van der Waals surface area contributed by atoms with Crippen LogP contribution in [0, 0.1) is 5.82 Å². The van der Waals surface area contributed by atoms with E-state index in [0.717, 1.165) is 11.3 Å². The Balaban J connectivity index is 1.92. The van der Waals surface area contributed by atoms with Crippen molar-refractivity contribution in [1.29, 1.82) is 0 Å². The van der Waals surface area contributed by atoms with Gasteiger partial charge in [0, 0.05) is 25.3 Å². The maximum atomic E-state index is 14.9. The van der Waals surface area contributed by atoms with E-state index in [1.165, 1.54) is 22.0 Å². The van der Waals surface area contributed by atoms with Crippen LogP contribution in [0.15, 0.2) is 69.6 Å². The monoisotopic (exact) mass is 465 g/mol. The van der Waals surface area contributed by atoms with E-state index >= 15 is 0 Å². The molecule has 1 aromatic heterocycles. The first-order chi connectivity index (χ1) is 15.8. The molecule has 1 unspecified atom stereocenters. The summed E-state index contributed by atoms with van der Waals surface area (Å²) in [6.07, 6.45) is 1.78. The van der Waals surface area contributed by atoms with Crippen molar-refractivity contribution < 1.29 is 13.9 Å². The largest absolute Gasteiger partial charge is 0.463 e. The molecular weight excluding hydrogens is 441 g/mol. The third-order valence-electron chi connectivity index (χ3n) is 5.42. The third kappa shape index (κ3) is 4.26. The van der Waals surface area contributed by atoms with Crippen molar-refractivity contribution in [2.45, 2.75) is 19.9 Å². The Bertz CT molecular complexity index is 1420. The van der Waals surface area contributed by atoms with Crippen LogP contribution in [-0.4, -0.2) is 31.2 Å². The summed E-state index contributed by atoms with van der Waals surface area (Å²) >= 11 is 1.21. The molecule has 0 spiro atoms. The number of carbonyl (C=O) groups is 1. The first kappa shape index (κ1) is 22.7. The topological polar surface area (TPSA) is 63.9 Å². The lowest BCUT2D eigenvalue weighted by Gasteiger charge is -2.24. The zero-order valence-electron chi connectivity index (χ0n) is 18.8. The number of ether oxygens (including phenoxy) is 1. The summed E-state index contributed by atoms with van der Waals surface area (Å²) in [6.45, 7) is 3.53. The highest BCUT2D eigenvalue weighted by Gasteiger charge is 2.34. The van der Waals surface area contributed by atoms with Gasteiger partial charge in [0.2, 0.25) is 0 Å². The number of fused-ring (bicyclic) bond motifs is 1. The number of hydrogen-bond donors (Lipinski definition) is 0. The van der Waals surface area contributed by atoms with Gasteiger partial charge in [-0.2, -0.15) is 0 Å². The molecule has 8 heteroatoms. The molecule has 170 valence electrons. The molecule has 2 aromatic carbocycles. The fourth-order valence-corrected chi connectivity index (χ4v) is 4.85. The van der Waals surface area contributed by atoms with Gasteiger partial charge < -0.3 is 9.64 Å². The highest BCUT2D eigenvalue weighted by Crippen LogP contribution is 2.32. The molecule has 1 aliphatic rings. The summed E-state index contributed by atoms with van der Waals surface area (Å²) in [6, 6.07) is 13.0. The zero-order chi connectivity index (χ0) is 23.7. The number of halogens is 1. The number of allylic oxidation sites excluding steroid dienone is 1. The molecule has 0 radical (unpaired) electrons. The van der Waals surface area contributed by atoms with Gasteiger partial charge in [-0.05, 0) is 43.7 Å². The van der Waals surface area contributed by atoms with Crippen LogP contribution in [0.4, 0.5) is 10.1 Å². The molecule has 0 saturated carbocycles. The number of benzene rings is 2. The fourth-order valence-electron chi connectivity index (χ4n) is 3.80. The average Bonchev–Trinajstić information content (AvgIpc) is 3.08. The molecule has 33 heavy (non-hydrogen) atoms. The van der Waals surface area contributed by atoms with Gasteiger partial charge in [0.25, 0.3) is 5.56 Å². The van der Waals surface area contributed by atoms with E-state index in [9.17, 15) is 14.0 Å². The van der Waals surface area contributed by atoms with Crippen molar-refractivity contribution in [1.82, 2.24) is 4.57 Å². The molecule has 0 fully saturated rings. The summed E-state index contributed by atoms with van der Waals surface area (Å²) in [5, 5.41) is 0. The molecule has 6 nitrogen and oxygen atoms in total. The lowest BCUT2D eigenvalue weighted by atomic mass is 9.95. The molecule has 1 aliphatic heterocycles. The van der Waals surface area contributed by atoms with Gasteiger partial charge in [0.05, 0.1) is 22.4 Å². The van der Waals surface area contributed by atoms with E-state index in [-0.39, 0.29) is 23.3 Å². The minimum atomic E-state index is -0.959. The maximum absolute atomic E-state index is 14.9. The molecule has 4 rings (SSSR count). The summed E-state index contributed by atoms with van der Waals surface area (Å²) in [5.41, 5.74) is 2.36. The smallest absolute Gasteiger partial charge is 0.338 e. The summed E-state index contributed by atoms with van der Waals surface area (Å²) in [7, 11) is 3.92. The quantitative estimate of drug-likeness (QED) is 0.544. The Labute approximate surface area is 194 Å². The van der Waals surface area contributed by atoms with Gasteiger partial charge in [0.1, 0.15) is 11.9 Å². The second-order valence-electron chi connectivity index (χ2n) is 7.81. The number of aromatic nitrogens is 1. The van der Waals surface area contributed by atoms with Gasteiger partial charge in [-0.15, -0.1) is 0 Å². The van der Waals surface area contributed by atoms with Gasteiger partial charge in [-0.3, -0.25) is 9.36 Å². The second kappa shape index (κ2) is 9.15. The molecule has 0 bridgehead atoms. The van der Waals surface area contributed by atoms with Gasteiger partial charge in [0.15, 0.2) is 4.80 Å². The van der Waals surface area contributed by atoms with Crippen molar-refractivity contribution in [3.05, 3.63) is 96.4 Å². The Kier molecular flexibility index (Phi) is 6.29. The fraction of sp³-hybridized carbons (Fsp3) is 0.240. The van der Waals surface area contributed by atoms with E-state index in [4.69, 9.17) is 4.74 Å². The normalized spacial score (nSPS) is 15.8. The van der Waals surface area contributed by atoms with Crippen LogP contribution >= 0.6 is 11.3 Å². The van der Waals surface area contributed by atoms with Crippen LogP contribution in [-0.2, 0) is 9.53 Å². The maximum Gasteiger partial charge on any atom is 0.338 e. The van der Waals surface area contributed by atoms with Crippen LogP contribution in [0.1, 0.15) is 31.0 Å². The van der Waals surface area contributed by atoms with Crippen molar-refractivity contribution in [2.24, 2.45) is 4.99 Å². The van der Waals surface area contributed by atoms with Crippen LogP contribution in [0.2, 0.25) is 0 Å². The number of nitrogens with zero attached hydrogens (tertiary/aromatic N) is 3. The third-order valence-corrected chi connectivity index (χ3v) is 6.41. The number of esters is 1. The molecule has 0 N–H and O–H groups in total. The standard InChI is InChI=1S/C25H24FN3O3S/c1-5-32-24(31)21-15(2)27-25-29(22(21)18-8-6-7-9-19(18)26)23(30)20(33-25)14-16-10-12-17(13-11-16)28(3)4/h6-14,22H,5H2,1-4H3/b20-14+. The molecule has 0 amide bonds. The van der Waals surface area contributed by atoms with Crippen molar-refractivity contribution >= 4 is 29.1 Å². The van der Waals surface area contributed by atoms with E-state index < -0.39 is 17.8 Å². The van der Waals surface area contributed by atoms with Crippen molar-refractivity contribution in [3.8, 4) is 0 Å². The molecule has 0 saturated heterocycles. The molecular formula is C25H24FN3O3S. The zero-order valence-corrected chi connectivity index (χ0v) is 19.6. The van der Waals surface area contributed by atoms with Crippen molar-refractivity contribution in [3.63, 3.8) is 0 Å². The highest BCUT2D eigenvalue weighted by atomic mass is 32.1. The number of thiazole rings is 1. The molecule has 1 atom stereocenters. The Hall–Kier alpha value is -3.52. The second-order valence-corrected chi connectivity index (χ2v) is 8.82. The van der Waals surface area contributed by atoms with E-state index in [2.05, 4.69) is 4.99 Å². The average molecular weight is 466 g/mol. The molecule has 2 heterocycles. The minimum Gasteiger partial charge on any atom is -0.463 e. The summed E-state index contributed by atoms with van der Waals surface area (Å²) < 4.78 is 21.9. The lowest BCUT2D eigenvalue weighted by Crippen LogP contribution is -2.40. The Morgan fingerprint density at radius 3 is 2.55 bits per heavy atom. The Morgan fingerprint density at radius 2 is 1.91 bits per heavy atom. The van der Waals surface area contributed by atoms with Crippen LogP contribution < -0.4 is 19.8 Å². The van der Waals surface area contributed by atoms with Gasteiger partial charge in [-0.25, -0.2) is 14.2 Å². The van der Waals surface area contributed by atoms with Gasteiger partial charge >= 0.3 is 5.97 Å². The SMILES string of the molecule is CCOC(=O)C1=C(C)N=c2s/c(=C/c3ccc(N(C)C)cc3)c(=O)n2C1c1ccccc1F.